The fourth-order valence-corrected chi connectivity index (χ4v) is 3.89. The van der Waals surface area contributed by atoms with Gasteiger partial charge in [0.15, 0.2) is 0 Å². The molecule has 1 aliphatic rings. The molecule has 0 spiro atoms. The van der Waals surface area contributed by atoms with Crippen LogP contribution >= 0.6 is 0 Å². The van der Waals surface area contributed by atoms with E-state index >= 15 is 0 Å². The molecule has 3 atom stereocenters. The number of benzene rings is 2. The number of alkyl halides is 3. The Kier molecular flexibility index (Phi) is 7.48. The zero-order chi connectivity index (χ0) is 25.0. The van der Waals surface area contributed by atoms with Crippen molar-refractivity contribution in [3.05, 3.63) is 59.7 Å². The van der Waals surface area contributed by atoms with Crippen LogP contribution in [0.4, 0.5) is 18.0 Å². The average Bonchev–Trinajstić information content (AvgIpc) is 3.09. The molecule has 3 N–H and O–H groups in total. The highest BCUT2D eigenvalue weighted by molar-refractivity contribution is 5.86. The first-order valence-electron chi connectivity index (χ1n) is 10.7. The summed E-state index contributed by atoms with van der Waals surface area (Å²) in [7, 11) is 0. The van der Waals surface area contributed by atoms with Gasteiger partial charge in [-0.1, -0.05) is 48.5 Å². The molecule has 0 heterocycles. The van der Waals surface area contributed by atoms with E-state index in [2.05, 4.69) is 5.32 Å². The first-order valence-corrected chi connectivity index (χ1v) is 10.7. The van der Waals surface area contributed by atoms with Gasteiger partial charge in [0, 0.05) is 12.0 Å². The topological polar surface area (TPSA) is 105 Å². The van der Waals surface area contributed by atoms with Crippen LogP contribution in [0.1, 0.15) is 37.3 Å². The summed E-state index contributed by atoms with van der Waals surface area (Å²) >= 11 is 0. The Morgan fingerprint density at radius 2 is 1.50 bits per heavy atom. The zero-order valence-corrected chi connectivity index (χ0v) is 18.6. The third-order valence-electron chi connectivity index (χ3n) is 5.90. The molecule has 0 bridgehead atoms. The lowest BCUT2D eigenvalue weighted by atomic mass is 9.98. The van der Waals surface area contributed by atoms with Crippen molar-refractivity contribution in [2.45, 2.75) is 44.4 Å². The molecule has 182 valence electrons. The Morgan fingerprint density at radius 3 is 2.00 bits per heavy atom. The molecular formula is C24H25F3N2O5. The van der Waals surface area contributed by atoms with Crippen LogP contribution in [-0.2, 0) is 14.3 Å². The normalized spacial score (nSPS) is 15.4. The maximum atomic E-state index is 13.0. The summed E-state index contributed by atoms with van der Waals surface area (Å²) < 4.78 is 44.3. The van der Waals surface area contributed by atoms with Crippen molar-refractivity contribution in [3.63, 3.8) is 0 Å². The smallest absolute Gasteiger partial charge is 0.407 e. The lowest BCUT2D eigenvalue weighted by Gasteiger charge is -2.24. The minimum Gasteiger partial charge on any atom is -0.481 e. The van der Waals surface area contributed by atoms with E-state index in [4.69, 9.17) is 9.84 Å². The van der Waals surface area contributed by atoms with Gasteiger partial charge >= 0.3 is 18.2 Å². The van der Waals surface area contributed by atoms with Crippen LogP contribution in [0.15, 0.2) is 48.5 Å². The molecule has 3 rings (SSSR count). The number of alkyl carbamates (subject to hydrolysis) is 1. The van der Waals surface area contributed by atoms with E-state index in [9.17, 15) is 27.6 Å². The number of fused-ring (bicyclic) bond motifs is 3. The van der Waals surface area contributed by atoms with Gasteiger partial charge in [0.1, 0.15) is 12.6 Å². The lowest BCUT2D eigenvalue weighted by molar-refractivity contribution is -0.150. The van der Waals surface area contributed by atoms with Crippen LogP contribution in [0.25, 0.3) is 11.1 Å². The SMILES string of the molecule is CC(NC(=O)C(CC(F)(F)F)NC(=O)OCC1c2ccccc2-c2ccccc21)C(C)C(=O)O. The van der Waals surface area contributed by atoms with E-state index in [-0.39, 0.29) is 12.5 Å². The van der Waals surface area contributed by atoms with Crippen LogP contribution in [-0.4, -0.2) is 47.9 Å². The molecule has 0 radical (unpaired) electrons. The minimum absolute atomic E-state index is 0.132. The van der Waals surface area contributed by atoms with Crippen molar-refractivity contribution in [2.75, 3.05) is 6.61 Å². The number of rotatable bonds is 8. The molecule has 2 aromatic rings. The summed E-state index contributed by atoms with van der Waals surface area (Å²) in [5, 5.41) is 13.2. The number of amides is 2. The quantitative estimate of drug-likeness (QED) is 0.531. The van der Waals surface area contributed by atoms with Gasteiger partial charge in [0.05, 0.1) is 12.3 Å². The van der Waals surface area contributed by atoms with E-state index in [0.717, 1.165) is 22.3 Å². The fraction of sp³-hybridized carbons (Fsp3) is 0.375. The van der Waals surface area contributed by atoms with Crippen LogP contribution in [0.5, 0.6) is 0 Å². The standard InChI is InChI=1S/C24H25F3N2O5/c1-13(22(31)32)14(2)28-21(30)20(11-24(25,26)27)29-23(33)34-12-19-17-9-5-3-7-15(17)16-8-4-6-10-18(16)19/h3-10,13-14,19-20H,11-12H2,1-2H3,(H,28,30)(H,29,33)(H,31,32). The Labute approximate surface area is 194 Å². The van der Waals surface area contributed by atoms with Crippen molar-refractivity contribution in [1.82, 2.24) is 10.6 Å². The van der Waals surface area contributed by atoms with Gasteiger partial charge in [-0.05, 0) is 36.1 Å². The number of aliphatic carboxylic acids is 1. The second-order valence-electron chi connectivity index (χ2n) is 8.27. The predicted molar refractivity (Wildman–Crippen MR) is 117 cm³/mol. The minimum atomic E-state index is -4.75. The third-order valence-corrected chi connectivity index (χ3v) is 5.90. The summed E-state index contributed by atoms with van der Waals surface area (Å²) in [6, 6.07) is 12.2. The molecule has 0 saturated heterocycles. The number of hydrogen-bond acceptors (Lipinski definition) is 4. The van der Waals surface area contributed by atoms with Crippen LogP contribution in [0.2, 0.25) is 0 Å². The van der Waals surface area contributed by atoms with Crippen molar-refractivity contribution >= 4 is 18.0 Å². The fourth-order valence-electron chi connectivity index (χ4n) is 3.89. The highest BCUT2D eigenvalue weighted by Gasteiger charge is 2.38. The van der Waals surface area contributed by atoms with Crippen molar-refractivity contribution in [3.8, 4) is 11.1 Å². The molecule has 34 heavy (non-hydrogen) atoms. The molecule has 0 saturated carbocycles. The lowest BCUT2D eigenvalue weighted by Crippen LogP contribution is -2.52. The summed E-state index contributed by atoms with van der Waals surface area (Å²) in [6.45, 7) is 2.53. The molecule has 0 fully saturated rings. The largest absolute Gasteiger partial charge is 0.481 e. The van der Waals surface area contributed by atoms with Gasteiger partial charge in [-0.3, -0.25) is 9.59 Å². The van der Waals surface area contributed by atoms with E-state index in [0.29, 0.717) is 0 Å². The summed E-state index contributed by atoms with van der Waals surface area (Å²) in [5.74, 6) is -3.70. The first kappa shape index (κ1) is 25.1. The number of ether oxygens (including phenoxy) is 1. The number of nitrogens with one attached hydrogen (secondary N) is 2. The number of carboxylic acid groups (broad SMARTS) is 1. The van der Waals surface area contributed by atoms with Gasteiger partial charge in [0.25, 0.3) is 0 Å². The first-order chi connectivity index (χ1) is 16.0. The summed E-state index contributed by atoms with van der Waals surface area (Å²) in [5.41, 5.74) is 3.83. The van der Waals surface area contributed by atoms with Gasteiger partial charge < -0.3 is 20.5 Å². The van der Waals surface area contributed by atoms with Crippen molar-refractivity contribution < 1.29 is 37.4 Å². The van der Waals surface area contributed by atoms with Crippen LogP contribution < -0.4 is 10.6 Å². The van der Waals surface area contributed by atoms with Gasteiger partial charge in [-0.2, -0.15) is 13.2 Å². The van der Waals surface area contributed by atoms with Crippen LogP contribution in [0.3, 0.4) is 0 Å². The summed E-state index contributed by atoms with van der Waals surface area (Å²) in [4.78, 5) is 35.8. The highest BCUT2D eigenvalue weighted by atomic mass is 19.4. The maximum absolute atomic E-state index is 13.0. The van der Waals surface area contributed by atoms with E-state index in [1.54, 1.807) is 0 Å². The number of carbonyl (C=O) groups excluding carboxylic acids is 2. The number of carbonyl (C=O) groups is 3. The second-order valence-corrected chi connectivity index (χ2v) is 8.27. The molecule has 10 heteroatoms. The number of halogens is 3. The van der Waals surface area contributed by atoms with Gasteiger partial charge in [-0.25, -0.2) is 4.79 Å². The molecular weight excluding hydrogens is 453 g/mol. The molecule has 0 aliphatic heterocycles. The van der Waals surface area contributed by atoms with Gasteiger partial charge in [0.2, 0.25) is 5.91 Å². The van der Waals surface area contributed by atoms with Crippen LogP contribution in [0, 0.1) is 5.92 Å². The third kappa shape index (κ3) is 5.86. The molecule has 7 nitrogen and oxygen atoms in total. The highest BCUT2D eigenvalue weighted by Crippen LogP contribution is 2.44. The zero-order valence-electron chi connectivity index (χ0n) is 18.6. The molecule has 0 aromatic heterocycles. The molecule has 2 aromatic carbocycles. The van der Waals surface area contributed by atoms with Gasteiger partial charge in [-0.15, -0.1) is 0 Å². The van der Waals surface area contributed by atoms with Crippen molar-refractivity contribution in [1.29, 1.82) is 0 Å². The second kappa shape index (κ2) is 10.1. The Balaban J connectivity index is 1.68. The maximum Gasteiger partial charge on any atom is 0.407 e. The Hall–Kier alpha value is -3.56. The average molecular weight is 478 g/mol. The number of carboxylic acids is 1. The monoisotopic (exact) mass is 478 g/mol. The molecule has 1 aliphatic carbocycles. The van der Waals surface area contributed by atoms with E-state index in [1.165, 1.54) is 13.8 Å². The molecule has 2 amide bonds. The molecule has 3 unspecified atom stereocenters. The Bertz CT molecular complexity index is 1030. The predicted octanol–water partition coefficient (Wildman–Crippen LogP) is 4.07. The summed E-state index contributed by atoms with van der Waals surface area (Å²) in [6.07, 6.45) is -7.55. The Morgan fingerprint density at radius 1 is 0.971 bits per heavy atom. The number of hydrogen-bond donors (Lipinski definition) is 3. The van der Waals surface area contributed by atoms with E-state index < -0.39 is 48.6 Å². The van der Waals surface area contributed by atoms with Crippen molar-refractivity contribution in [2.24, 2.45) is 5.92 Å². The van der Waals surface area contributed by atoms with E-state index in [1.807, 2.05) is 53.8 Å².